The first kappa shape index (κ1) is 13.2. The highest BCUT2D eigenvalue weighted by Gasteiger charge is 2.24. The van der Waals surface area contributed by atoms with E-state index in [9.17, 15) is 4.79 Å². The smallest absolute Gasteiger partial charge is 0.224 e. The molecule has 1 aromatic rings. The molecular formula is C12H20N2OS. The molecule has 90 valence electrons. The van der Waals surface area contributed by atoms with Crippen LogP contribution in [0.3, 0.4) is 0 Å². The summed E-state index contributed by atoms with van der Waals surface area (Å²) in [6, 6.07) is 2.18. The van der Waals surface area contributed by atoms with Gasteiger partial charge in [-0.3, -0.25) is 4.79 Å². The van der Waals surface area contributed by atoms with Crippen molar-refractivity contribution in [2.24, 2.45) is 11.1 Å². The Bertz CT molecular complexity index is 382. The lowest BCUT2D eigenvalue weighted by Crippen LogP contribution is -2.40. The Balaban J connectivity index is 2.48. The van der Waals surface area contributed by atoms with Crippen LogP contribution in [-0.2, 0) is 11.3 Å². The maximum absolute atomic E-state index is 11.1. The minimum Gasteiger partial charge on any atom is -0.369 e. The molecule has 1 heterocycles. The lowest BCUT2D eigenvalue weighted by Gasteiger charge is -2.20. The highest BCUT2D eigenvalue weighted by Crippen LogP contribution is 2.20. The van der Waals surface area contributed by atoms with Crippen molar-refractivity contribution in [2.75, 3.05) is 6.54 Å². The van der Waals surface area contributed by atoms with Gasteiger partial charge in [-0.1, -0.05) is 0 Å². The number of primary amides is 1. The lowest BCUT2D eigenvalue weighted by molar-refractivity contribution is -0.125. The molecule has 3 nitrogen and oxygen atoms in total. The maximum Gasteiger partial charge on any atom is 0.224 e. The second kappa shape index (κ2) is 4.97. The summed E-state index contributed by atoms with van der Waals surface area (Å²) in [4.78, 5) is 13.8. The molecular weight excluding hydrogens is 220 g/mol. The van der Waals surface area contributed by atoms with E-state index in [0.29, 0.717) is 6.54 Å². The van der Waals surface area contributed by atoms with E-state index in [-0.39, 0.29) is 5.91 Å². The van der Waals surface area contributed by atoms with Crippen LogP contribution in [0.1, 0.15) is 29.2 Å². The van der Waals surface area contributed by atoms with E-state index in [1.807, 2.05) is 13.8 Å². The average Bonchev–Trinajstić information content (AvgIpc) is 2.44. The number of thiophene rings is 1. The van der Waals surface area contributed by atoms with Crippen LogP contribution in [0.2, 0.25) is 0 Å². The Morgan fingerprint density at radius 2 is 2.12 bits per heavy atom. The van der Waals surface area contributed by atoms with Crippen molar-refractivity contribution in [1.29, 1.82) is 0 Å². The van der Waals surface area contributed by atoms with Crippen LogP contribution in [0.15, 0.2) is 6.07 Å². The molecule has 3 N–H and O–H groups in total. The Hall–Kier alpha value is -0.870. The Morgan fingerprint density at radius 1 is 1.50 bits per heavy atom. The van der Waals surface area contributed by atoms with Gasteiger partial charge in [0.1, 0.15) is 0 Å². The summed E-state index contributed by atoms with van der Waals surface area (Å²) in [6.07, 6.45) is 0. The zero-order chi connectivity index (χ0) is 12.3. The molecule has 0 fully saturated rings. The molecule has 4 heteroatoms. The minimum absolute atomic E-state index is 0.266. The molecule has 1 amide bonds. The summed E-state index contributed by atoms with van der Waals surface area (Å²) in [5.74, 6) is -0.266. The molecule has 0 radical (unpaired) electrons. The fourth-order valence-corrected chi connectivity index (χ4v) is 2.40. The second-order valence-corrected chi connectivity index (χ2v) is 6.25. The van der Waals surface area contributed by atoms with E-state index in [2.05, 4.69) is 25.2 Å². The number of hydrogen-bond donors (Lipinski definition) is 2. The van der Waals surface area contributed by atoms with Gasteiger partial charge in [-0.15, -0.1) is 11.3 Å². The van der Waals surface area contributed by atoms with Crippen LogP contribution < -0.4 is 11.1 Å². The molecule has 0 saturated heterocycles. The predicted octanol–water partition coefficient (Wildman–Crippen LogP) is 1.97. The molecule has 0 unspecified atom stereocenters. The van der Waals surface area contributed by atoms with Crippen molar-refractivity contribution in [3.05, 3.63) is 21.4 Å². The van der Waals surface area contributed by atoms with Gasteiger partial charge in [0, 0.05) is 22.8 Å². The summed E-state index contributed by atoms with van der Waals surface area (Å²) in [5, 5.41) is 3.28. The summed E-state index contributed by atoms with van der Waals surface area (Å²) in [7, 11) is 0. The van der Waals surface area contributed by atoms with Crippen molar-refractivity contribution >= 4 is 17.2 Å². The first-order valence-electron chi connectivity index (χ1n) is 5.39. The first-order valence-corrected chi connectivity index (χ1v) is 6.21. The fraction of sp³-hybridized carbons (Fsp3) is 0.583. The third-order valence-electron chi connectivity index (χ3n) is 2.69. The number of rotatable bonds is 5. The quantitative estimate of drug-likeness (QED) is 0.826. The number of hydrogen-bond acceptors (Lipinski definition) is 3. The van der Waals surface area contributed by atoms with Gasteiger partial charge in [0.2, 0.25) is 5.91 Å². The van der Waals surface area contributed by atoms with Crippen LogP contribution in [0.25, 0.3) is 0 Å². The number of carbonyl (C=O) groups is 1. The molecule has 0 atom stereocenters. The molecule has 0 aliphatic carbocycles. The fourth-order valence-electron chi connectivity index (χ4n) is 1.46. The number of nitrogens with two attached hydrogens (primary N) is 1. The van der Waals surface area contributed by atoms with E-state index in [0.717, 1.165) is 6.54 Å². The van der Waals surface area contributed by atoms with E-state index >= 15 is 0 Å². The van der Waals surface area contributed by atoms with E-state index in [4.69, 9.17) is 5.73 Å². The standard InChI is InChI=1S/C12H20N2OS/c1-8-5-10(9(2)16-8)6-14-7-12(3,4)11(13)15/h5,14H,6-7H2,1-4H3,(H2,13,15). The molecule has 1 aromatic heterocycles. The topological polar surface area (TPSA) is 55.1 Å². The van der Waals surface area contributed by atoms with Crippen LogP contribution in [0, 0.1) is 19.3 Å². The minimum atomic E-state index is -0.487. The van der Waals surface area contributed by atoms with Gasteiger partial charge >= 0.3 is 0 Å². The van der Waals surface area contributed by atoms with Crippen molar-refractivity contribution < 1.29 is 4.79 Å². The number of amides is 1. The SMILES string of the molecule is Cc1cc(CNCC(C)(C)C(N)=O)c(C)s1. The zero-order valence-corrected chi connectivity index (χ0v) is 11.2. The van der Waals surface area contributed by atoms with E-state index < -0.39 is 5.41 Å². The van der Waals surface area contributed by atoms with Crippen LogP contribution in [-0.4, -0.2) is 12.5 Å². The van der Waals surface area contributed by atoms with Crippen LogP contribution in [0.4, 0.5) is 0 Å². The normalized spacial score (nSPS) is 11.8. The summed E-state index contributed by atoms with van der Waals surface area (Å²) in [6.45, 7) is 9.34. The molecule has 0 bridgehead atoms. The average molecular weight is 240 g/mol. The molecule has 0 saturated carbocycles. The van der Waals surface area contributed by atoms with Crippen molar-refractivity contribution in [3.8, 4) is 0 Å². The molecule has 0 spiro atoms. The zero-order valence-electron chi connectivity index (χ0n) is 10.4. The highest BCUT2D eigenvalue weighted by molar-refractivity contribution is 7.12. The van der Waals surface area contributed by atoms with Crippen LogP contribution >= 0.6 is 11.3 Å². The van der Waals surface area contributed by atoms with E-state index in [1.165, 1.54) is 15.3 Å². The van der Waals surface area contributed by atoms with Gasteiger partial charge in [-0.05, 0) is 39.3 Å². The van der Waals surface area contributed by atoms with Crippen LogP contribution in [0.5, 0.6) is 0 Å². The Kier molecular flexibility index (Phi) is 4.10. The van der Waals surface area contributed by atoms with Crippen molar-refractivity contribution in [1.82, 2.24) is 5.32 Å². The van der Waals surface area contributed by atoms with Gasteiger partial charge in [0.15, 0.2) is 0 Å². The van der Waals surface area contributed by atoms with Crippen molar-refractivity contribution in [2.45, 2.75) is 34.2 Å². The number of carbonyl (C=O) groups excluding carboxylic acids is 1. The monoisotopic (exact) mass is 240 g/mol. The van der Waals surface area contributed by atoms with E-state index in [1.54, 1.807) is 11.3 Å². The third-order valence-corrected chi connectivity index (χ3v) is 3.70. The Morgan fingerprint density at radius 3 is 2.56 bits per heavy atom. The molecule has 1 rings (SSSR count). The Labute approximate surface area is 101 Å². The molecule has 16 heavy (non-hydrogen) atoms. The van der Waals surface area contributed by atoms with Crippen molar-refractivity contribution in [3.63, 3.8) is 0 Å². The lowest BCUT2D eigenvalue weighted by atomic mass is 9.93. The molecule has 0 aromatic carbocycles. The first-order chi connectivity index (χ1) is 7.33. The maximum atomic E-state index is 11.1. The second-order valence-electron chi connectivity index (χ2n) is 4.79. The van der Waals surface area contributed by atoms with Gasteiger partial charge in [0.05, 0.1) is 5.41 Å². The summed E-state index contributed by atoms with van der Waals surface area (Å²) >= 11 is 1.80. The summed E-state index contributed by atoms with van der Waals surface area (Å²) < 4.78 is 0. The number of aryl methyl sites for hydroxylation is 2. The third kappa shape index (κ3) is 3.32. The van der Waals surface area contributed by atoms with Gasteiger partial charge in [-0.25, -0.2) is 0 Å². The van der Waals surface area contributed by atoms with Gasteiger partial charge in [0.25, 0.3) is 0 Å². The largest absolute Gasteiger partial charge is 0.369 e. The number of nitrogens with one attached hydrogen (secondary N) is 1. The predicted molar refractivity (Wildman–Crippen MR) is 68.5 cm³/mol. The van der Waals surface area contributed by atoms with Gasteiger partial charge in [-0.2, -0.15) is 0 Å². The molecule has 0 aliphatic rings. The summed E-state index contributed by atoms with van der Waals surface area (Å²) in [5.41, 5.74) is 6.13. The highest BCUT2D eigenvalue weighted by atomic mass is 32.1. The molecule has 0 aliphatic heterocycles. The van der Waals surface area contributed by atoms with Gasteiger partial charge < -0.3 is 11.1 Å².